The highest BCUT2D eigenvalue weighted by Crippen LogP contribution is 2.31. The van der Waals surface area contributed by atoms with E-state index in [4.69, 9.17) is 20.3 Å². The molecule has 0 aromatic heterocycles. The summed E-state index contributed by atoms with van der Waals surface area (Å²) in [6, 6.07) is 5.87. The lowest BCUT2D eigenvalue weighted by Gasteiger charge is -2.27. The summed E-state index contributed by atoms with van der Waals surface area (Å²) in [4.78, 5) is 2.03. The maximum absolute atomic E-state index is 9.02. The van der Waals surface area contributed by atoms with Gasteiger partial charge in [-0.2, -0.15) is 0 Å². The van der Waals surface area contributed by atoms with Gasteiger partial charge in [0.2, 0.25) is 0 Å². The highest BCUT2D eigenvalue weighted by Gasteiger charge is 2.17. The SMILES string of the molecule is CCOc1cc(C(CN)N(C)CCO)ccc1OC. The van der Waals surface area contributed by atoms with Crippen LogP contribution in [0.1, 0.15) is 18.5 Å². The first-order chi connectivity index (χ1) is 9.17. The van der Waals surface area contributed by atoms with E-state index in [0.29, 0.717) is 25.4 Å². The zero-order valence-electron chi connectivity index (χ0n) is 11.9. The lowest BCUT2D eigenvalue weighted by atomic mass is 10.0. The van der Waals surface area contributed by atoms with Crippen molar-refractivity contribution < 1.29 is 14.6 Å². The molecule has 0 radical (unpaired) electrons. The summed E-state index contributed by atoms with van der Waals surface area (Å²) in [5.41, 5.74) is 6.89. The summed E-state index contributed by atoms with van der Waals surface area (Å²) in [6.07, 6.45) is 0. The third kappa shape index (κ3) is 4.09. The second-order valence-electron chi connectivity index (χ2n) is 4.30. The van der Waals surface area contributed by atoms with Crippen LogP contribution >= 0.6 is 0 Å². The lowest BCUT2D eigenvalue weighted by Crippen LogP contribution is -2.32. The fraction of sp³-hybridized carbons (Fsp3) is 0.571. The molecule has 0 aliphatic heterocycles. The van der Waals surface area contributed by atoms with Gasteiger partial charge in [0, 0.05) is 19.1 Å². The Labute approximate surface area is 114 Å². The number of nitrogens with zero attached hydrogens (tertiary/aromatic N) is 1. The van der Waals surface area contributed by atoms with E-state index in [1.807, 2.05) is 37.1 Å². The number of benzene rings is 1. The molecule has 0 aliphatic carbocycles. The molecule has 1 aromatic rings. The van der Waals surface area contributed by atoms with Crippen molar-refractivity contribution in [1.29, 1.82) is 0 Å². The molecular formula is C14H24N2O3. The van der Waals surface area contributed by atoms with Gasteiger partial charge in [0.05, 0.1) is 20.3 Å². The molecule has 0 saturated carbocycles. The van der Waals surface area contributed by atoms with Crippen LogP contribution < -0.4 is 15.2 Å². The molecule has 1 atom stereocenters. The van der Waals surface area contributed by atoms with Gasteiger partial charge in [-0.05, 0) is 31.7 Å². The fourth-order valence-corrected chi connectivity index (χ4v) is 2.05. The van der Waals surface area contributed by atoms with Gasteiger partial charge in [0.25, 0.3) is 0 Å². The number of nitrogens with two attached hydrogens (primary N) is 1. The maximum atomic E-state index is 9.02. The van der Waals surface area contributed by atoms with Crippen molar-refractivity contribution in [2.24, 2.45) is 5.73 Å². The predicted molar refractivity (Wildman–Crippen MR) is 75.7 cm³/mol. The van der Waals surface area contributed by atoms with Crippen LogP contribution in [0.25, 0.3) is 0 Å². The van der Waals surface area contributed by atoms with E-state index < -0.39 is 0 Å². The average molecular weight is 268 g/mol. The van der Waals surface area contributed by atoms with Gasteiger partial charge in [-0.25, -0.2) is 0 Å². The van der Waals surface area contributed by atoms with Crippen LogP contribution in [0.5, 0.6) is 11.5 Å². The Hall–Kier alpha value is -1.30. The summed E-state index contributed by atoms with van der Waals surface area (Å²) in [6.45, 7) is 3.69. The van der Waals surface area contributed by atoms with Crippen LogP contribution in [0.4, 0.5) is 0 Å². The Kier molecular flexibility index (Phi) is 6.62. The summed E-state index contributed by atoms with van der Waals surface area (Å²) in [5, 5.41) is 9.02. The molecule has 0 aliphatic rings. The summed E-state index contributed by atoms with van der Waals surface area (Å²) < 4.78 is 10.8. The van der Waals surface area contributed by atoms with Crippen molar-refractivity contribution in [1.82, 2.24) is 4.90 Å². The number of hydrogen-bond acceptors (Lipinski definition) is 5. The first-order valence-corrected chi connectivity index (χ1v) is 6.49. The minimum absolute atomic E-state index is 0.0530. The van der Waals surface area contributed by atoms with E-state index in [-0.39, 0.29) is 12.6 Å². The predicted octanol–water partition coefficient (Wildman–Crippen LogP) is 1.02. The molecule has 0 saturated heterocycles. The third-order valence-corrected chi connectivity index (χ3v) is 3.08. The van der Waals surface area contributed by atoms with Gasteiger partial charge in [0.1, 0.15) is 0 Å². The lowest BCUT2D eigenvalue weighted by molar-refractivity contribution is 0.183. The molecule has 19 heavy (non-hydrogen) atoms. The highest BCUT2D eigenvalue weighted by molar-refractivity contribution is 5.44. The van der Waals surface area contributed by atoms with Gasteiger partial charge in [-0.1, -0.05) is 6.07 Å². The quantitative estimate of drug-likeness (QED) is 0.736. The number of aliphatic hydroxyl groups is 1. The van der Waals surface area contributed by atoms with Crippen molar-refractivity contribution in [3.05, 3.63) is 23.8 Å². The maximum Gasteiger partial charge on any atom is 0.161 e. The zero-order chi connectivity index (χ0) is 14.3. The number of methoxy groups -OCH3 is 1. The third-order valence-electron chi connectivity index (χ3n) is 3.08. The molecule has 0 fully saturated rings. The standard InChI is InChI=1S/C14H24N2O3/c1-4-19-14-9-11(5-6-13(14)18-3)12(10-15)16(2)7-8-17/h5-6,9,12,17H,4,7-8,10,15H2,1-3H3. The first kappa shape index (κ1) is 15.8. The molecule has 5 nitrogen and oxygen atoms in total. The minimum Gasteiger partial charge on any atom is -0.493 e. The average Bonchev–Trinajstić information content (AvgIpc) is 2.40. The second-order valence-corrected chi connectivity index (χ2v) is 4.30. The molecule has 108 valence electrons. The molecular weight excluding hydrogens is 244 g/mol. The van der Waals surface area contributed by atoms with E-state index >= 15 is 0 Å². The van der Waals surface area contributed by atoms with E-state index in [1.165, 1.54) is 0 Å². The monoisotopic (exact) mass is 268 g/mol. The molecule has 0 spiro atoms. The number of likely N-dealkylation sites (N-methyl/N-ethyl adjacent to an activating group) is 1. The van der Waals surface area contributed by atoms with Crippen LogP contribution in [-0.4, -0.2) is 50.5 Å². The topological polar surface area (TPSA) is 68.0 Å². The van der Waals surface area contributed by atoms with E-state index in [2.05, 4.69) is 0 Å². The Morgan fingerprint density at radius 3 is 2.63 bits per heavy atom. The van der Waals surface area contributed by atoms with Crippen molar-refractivity contribution in [2.75, 3.05) is 40.5 Å². The van der Waals surface area contributed by atoms with Crippen LogP contribution in [0, 0.1) is 0 Å². The van der Waals surface area contributed by atoms with E-state index in [1.54, 1.807) is 7.11 Å². The molecule has 1 unspecified atom stereocenters. The van der Waals surface area contributed by atoms with E-state index in [0.717, 1.165) is 11.3 Å². The zero-order valence-corrected chi connectivity index (χ0v) is 11.9. The number of aliphatic hydroxyl groups excluding tert-OH is 1. The number of rotatable bonds is 8. The Bertz CT molecular complexity index is 385. The molecule has 0 bridgehead atoms. The van der Waals surface area contributed by atoms with Gasteiger partial charge >= 0.3 is 0 Å². The van der Waals surface area contributed by atoms with Crippen molar-refractivity contribution in [3.63, 3.8) is 0 Å². The molecule has 5 heteroatoms. The minimum atomic E-state index is 0.0530. The fourth-order valence-electron chi connectivity index (χ4n) is 2.05. The van der Waals surface area contributed by atoms with Crippen molar-refractivity contribution in [3.8, 4) is 11.5 Å². The number of hydrogen-bond donors (Lipinski definition) is 2. The smallest absolute Gasteiger partial charge is 0.161 e. The number of ether oxygens (including phenoxy) is 2. The summed E-state index contributed by atoms with van der Waals surface area (Å²) >= 11 is 0. The summed E-state index contributed by atoms with van der Waals surface area (Å²) in [7, 11) is 3.56. The van der Waals surface area contributed by atoms with Crippen molar-refractivity contribution in [2.45, 2.75) is 13.0 Å². The van der Waals surface area contributed by atoms with Crippen LogP contribution in [0.2, 0.25) is 0 Å². The normalized spacial score (nSPS) is 12.5. The molecule has 0 heterocycles. The Morgan fingerprint density at radius 1 is 1.37 bits per heavy atom. The molecule has 1 aromatic carbocycles. The second kappa shape index (κ2) is 7.99. The van der Waals surface area contributed by atoms with Gasteiger partial charge < -0.3 is 20.3 Å². The Morgan fingerprint density at radius 2 is 2.11 bits per heavy atom. The molecule has 3 N–H and O–H groups in total. The largest absolute Gasteiger partial charge is 0.493 e. The van der Waals surface area contributed by atoms with Gasteiger partial charge in [-0.15, -0.1) is 0 Å². The van der Waals surface area contributed by atoms with Crippen LogP contribution in [-0.2, 0) is 0 Å². The van der Waals surface area contributed by atoms with Crippen LogP contribution in [0.3, 0.4) is 0 Å². The molecule has 1 rings (SSSR count). The first-order valence-electron chi connectivity index (χ1n) is 6.49. The van der Waals surface area contributed by atoms with Gasteiger partial charge in [-0.3, -0.25) is 4.90 Å². The Balaban J connectivity index is 3.00. The van der Waals surface area contributed by atoms with Crippen molar-refractivity contribution >= 4 is 0 Å². The van der Waals surface area contributed by atoms with E-state index in [9.17, 15) is 0 Å². The van der Waals surface area contributed by atoms with Crippen LogP contribution in [0.15, 0.2) is 18.2 Å². The molecule has 0 amide bonds. The van der Waals surface area contributed by atoms with Gasteiger partial charge in [0.15, 0.2) is 11.5 Å². The highest BCUT2D eigenvalue weighted by atomic mass is 16.5. The summed E-state index contributed by atoms with van der Waals surface area (Å²) in [5.74, 6) is 1.43.